The molecular formula is C15H19BrN2OS. The van der Waals surface area contributed by atoms with Crippen molar-refractivity contribution in [3.05, 3.63) is 50.1 Å². The van der Waals surface area contributed by atoms with Crippen LogP contribution < -0.4 is 16.0 Å². The molecule has 5 heteroatoms. The number of rotatable bonds is 6. The molecule has 0 radical (unpaired) electrons. The van der Waals surface area contributed by atoms with E-state index in [4.69, 9.17) is 10.6 Å². The lowest BCUT2D eigenvalue weighted by atomic mass is 10.1. The lowest BCUT2D eigenvalue weighted by Gasteiger charge is -2.15. The first kappa shape index (κ1) is 15.5. The Bertz CT molecular complexity index is 534. The normalized spacial score (nSPS) is 12.4. The average molecular weight is 355 g/mol. The molecule has 1 aromatic heterocycles. The second kappa shape index (κ2) is 7.22. The summed E-state index contributed by atoms with van der Waals surface area (Å²) in [6.07, 6.45) is 1.01. The number of hydrazine groups is 1. The van der Waals surface area contributed by atoms with Crippen molar-refractivity contribution in [1.29, 1.82) is 0 Å². The molecule has 2 rings (SSSR count). The quantitative estimate of drug-likeness (QED) is 0.604. The smallest absolute Gasteiger partial charge is 0.119 e. The summed E-state index contributed by atoms with van der Waals surface area (Å²) in [5.41, 5.74) is 5.25. The molecule has 0 spiro atoms. The summed E-state index contributed by atoms with van der Waals surface area (Å²) < 4.78 is 6.74. The molecule has 1 atom stereocenters. The van der Waals surface area contributed by atoms with Gasteiger partial charge in [-0.15, -0.1) is 11.3 Å². The number of halogens is 1. The van der Waals surface area contributed by atoms with Gasteiger partial charge in [0, 0.05) is 4.88 Å². The molecule has 1 aromatic carbocycles. The Morgan fingerprint density at radius 3 is 2.55 bits per heavy atom. The summed E-state index contributed by atoms with van der Waals surface area (Å²) in [5.74, 6) is 6.62. The van der Waals surface area contributed by atoms with Gasteiger partial charge in [-0.1, -0.05) is 19.1 Å². The maximum atomic E-state index is 5.72. The second-order valence-corrected chi connectivity index (χ2v) is 7.02. The second-order valence-electron chi connectivity index (χ2n) is 4.62. The van der Waals surface area contributed by atoms with Crippen molar-refractivity contribution in [3.63, 3.8) is 0 Å². The van der Waals surface area contributed by atoms with E-state index in [0.29, 0.717) is 0 Å². The number of ether oxygens (including phenoxy) is 1. The number of thiophene rings is 1. The fourth-order valence-corrected chi connectivity index (χ4v) is 3.60. The topological polar surface area (TPSA) is 47.3 Å². The predicted octanol–water partition coefficient (Wildman–Crippen LogP) is 4.16. The van der Waals surface area contributed by atoms with Crippen molar-refractivity contribution in [2.75, 3.05) is 6.61 Å². The van der Waals surface area contributed by atoms with E-state index in [1.165, 1.54) is 10.4 Å². The monoisotopic (exact) mass is 354 g/mol. The number of hydrogen-bond acceptors (Lipinski definition) is 4. The Hall–Kier alpha value is -0.880. The van der Waals surface area contributed by atoms with Gasteiger partial charge in [0.1, 0.15) is 5.75 Å². The standard InChI is InChI=1S/C15H19BrN2OS/c1-3-8-19-12-6-4-11(5-7-12)14(18-17)13-9-10(2)15(16)20-13/h4-7,9,14,18H,3,8,17H2,1-2H3. The van der Waals surface area contributed by atoms with Crippen LogP contribution in [0, 0.1) is 6.92 Å². The van der Waals surface area contributed by atoms with Crippen LogP contribution in [0.15, 0.2) is 34.1 Å². The van der Waals surface area contributed by atoms with Crippen LogP contribution >= 0.6 is 27.3 Å². The summed E-state index contributed by atoms with van der Waals surface area (Å²) in [7, 11) is 0. The minimum atomic E-state index is 0.00484. The fraction of sp³-hybridized carbons (Fsp3) is 0.333. The molecule has 0 amide bonds. The first-order chi connectivity index (χ1) is 9.65. The van der Waals surface area contributed by atoms with Crippen molar-refractivity contribution in [2.45, 2.75) is 26.3 Å². The molecule has 0 bridgehead atoms. The summed E-state index contributed by atoms with van der Waals surface area (Å²) in [4.78, 5) is 1.19. The molecule has 1 heterocycles. The Morgan fingerprint density at radius 2 is 2.05 bits per heavy atom. The first-order valence-electron chi connectivity index (χ1n) is 6.60. The molecule has 0 saturated heterocycles. The summed E-state index contributed by atoms with van der Waals surface area (Å²) >= 11 is 5.26. The molecule has 0 aliphatic rings. The minimum absolute atomic E-state index is 0.00484. The highest BCUT2D eigenvalue weighted by Gasteiger charge is 2.16. The third-order valence-corrected chi connectivity index (χ3v) is 5.22. The van der Waals surface area contributed by atoms with Gasteiger partial charge in [0.05, 0.1) is 16.4 Å². The minimum Gasteiger partial charge on any atom is -0.494 e. The first-order valence-corrected chi connectivity index (χ1v) is 8.21. The van der Waals surface area contributed by atoms with Gasteiger partial charge >= 0.3 is 0 Å². The molecule has 0 aliphatic heterocycles. The van der Waals surface area contributed by atoms with Crippen LogP contribution in [-0.4, -0.2) is 6.61 Å². The van der Waals surface area contributed by atoms with Gasteiger partial charge in [-0.05, 0) is 58.6 Å². The maximum absolute atomic E-state index is 5.72. The molecule has 0 aliphatic carbocycles. The number of benzene rings is 1. The number of hydrogen-bond donors (Lipinski definition) is 2. The third-order valence-electron chi connectivity index (χ3n) is 3.01. The molecule has 108 valence electrons. The van der Waals surface area contributed by atoms with E-state index in [0.717, 1.165) is 28.1 Å². The molecule has 0 saturated carbocycles. The Morgan fingerprint density at radius 1 is 1.35 bits per heavy atom. The molecule has 2 aromatic rings. The van der Waals surface area contributed by atoms with E-state index in [2.05, 4.69) is 53.4 Å². The highest BCUT2D eigenvalue weighted by molar-refractivity contribution is 9.11. The highest BCUT2D eigenvalue weighted by Crippen LogP contribution is 2.34. The van der Waals surface area contributed by atoms with Crippen LogP contribution in [0.25, 0.3) is 0 Å². The summed E-state index contributed by atoms with van der Waals surface area (Å²) in [6, 6.07) is 10.2. The Kier molecular flexibility index (Phi) is 5.60. The van der Waals surface area contributed by atoms with Gasteiger partial charge < -0.3 is 4.74 Å². The Labute approximate surface area is 132 Å². The van der Waals surface area contributed by atoms with Gasteiger partial charge in [0.2, 0.25) is 0 Å². The van der Waals surface area contributed by atoms with Gasteiger partial charge in [0.15, 0.2) is 0 Å². The van der Waals surface area contributed by atoms with E-state index in [9.17, 15) is 0 Å². The van der Waals surface area contributed by atoms with Crippen molar-refractivity contribution in [2.24, 2.45) is 5.84 Å². The van der Waals surface area contributed by atoms with Crippen molar-refractivity contribution in [3.8, 4) is 5.75 Å². The molecule has 1 unspecified atom stereocenters. The molecule has 0 fully saturated rings. The molecular weight excluding hydrogens is 336 g/mol. The van der Waals surface area contributed by atoms with Crippen molar-refractivity contribution >= 4 is 27.3 Å². The van der Waals surface area contributed by atoms with E-state index >= 15 is 0 Å². The zero-order valence-electron chi connectivity index (χ0n) is 11.7. The van der Waals surface area contributed by atoms with Gasteiger partial charge in [-0.2, -0.15) is 0 Å². The van der Waals surface area contributed by atoms with E-state index in [1.807, 2.05) is 12.1 Å². The van der Waals surface area contributed by atoms with Crippen molar-refractivity contribution < 1.29 is 4.74 Å². The maximum Gasteiger partial charge on any atom is 0.119 e. The van der Waals surface area contributed by atoms with Crippen LogP contribution in [0.5, 0.6) is 5.75 Å². The number of nitrogens with one attached hydrogen (secondary N) is 1. The molecule has 3 nitrogen and oxygen atoms in total. The van der Waals surface area contributed by atoms with Crippen LogP contribution in [0.4, 0.5) is 0 Å². The van der Waals surface area contributed by atoms with E-state index < -0.39 is 0 Å². The van der Waals surface area contributed by atoms with Crippen LogP contribution in [0.3, 0.4) is 0 Å². The lowest BCUT2D eigenvalue weighted by Crippen LogP contribution is -2.28. The Balaban J connectivity index is 2.19. The van der Waals surface area contributed by atoms with Crippen molar-refractivity contribution in [1.82, 2.24) is 5.43 Å². The predicted molar refractivity (Wildman–Crippen MR) is 88.2 cm³/mol. The van der Waals surface area contributed by atoms with E-state index in [-0.39, 0.29) is 6.04 Å². The molecule has 20 heavy (non-hydrogen) atoms. The number of nitrogens with two attached hydrogens (primary N) is 1. The van der Waals surface area contributed by atoms with Gasteiger partial charge in [0.25, 0.3) is 0 Å². The lowest BCUT2D eigenvalue weighted by molar-refractivity contribution is 0.317. The molecule has 3 N–H and O–H groups in total. The zero-order chi connectivity index (χ0) is 14.5. The summed E-state index contributed by atoms with van der Waals surface area (Å²) in [6.45, 7) is 4.92. The highest BCUT2D eigenvalue weighted by atomic mass is 79.9. The fourth-order valence-electron chi connectivity index (χ4n) is 1.94. The largest absolute Gasteiger partial charge is 0.494 e. The SMILES string of the molecule is CCCOc1ccc(C(NN)c2cc(C)c(Br)s2)cc1. The van der Waals surface area contributed by atoms with Crippen LogP contribution in [-0.2, 0) is 0 Å². The third kappa shape index (κ3) is 3.61. The zero-order valence-corrected chi connectivity index (χ0v) is 14.1. The summed E-state index contributed by atoms with van der Waals surface area (Å²) in [5, 5.41) is 0. The van der Waals surface area contributed by atoms with E-state index in [1.54, 1.807) is 11.3 Å². The van der Waals surface area contributed by atoms with Gasteiger partial charge in [-0.3, -0.25) is 5.84 Å². The van der Waals surface area contributed by atoms with Gasteiger partial charge in [-0.25, -0.2) is 5.43 Å². The van der Waals surface area contributed by atoms with Crippen LogP contribution in [0.1, 0.15) is 35.4 Å². The number of aryl methyl sites for hydroxylation is 1. The van der Waals surface area contributed by atoms with Crippen LogP contribution in [0.2, 0.25) is 0 Å². The average Bonchev–Trinajstić information content (AvgIpc) is 2.78.